The van der Waals surface area contributed by atoms with Crippen LogP contribution in [0.15, 0.2) is 30.3 Å². The molecule has 0 aliphatic heterocycles. The van der Waals surface area contributed by atoms with Crippen LogP contribution in [0.1, 0.15) is 11.1 Å². The van der Waals surface area contributed by atoms with Crippen molar-refractivity contribution in [1.29, 1.82) is 5.26 Å². The second-order valence-electron chi connectivity index (χ2n) is 2.88. The molecule has 3 nitrogen and oxygen atoms in total. The van der Waals surface area contributed by atoms with Crippen molar-refractivity contribution in [1.82, 2.24) is 0 Å². The van der Waals surface area contributed by atoms with Crippen LogP contribution in [0.25, 0.3) is 5.57 Å². The van der Waals surface area contributed by atoms with E-state index in [0.29, 0.717) is 5.56 Å². The molecule has 0 spiro atoms. The van der Waals surface area contributed by atoms with Gasteiger partial charge in [0, 0.05) is 6.08 Å². The first kappa shape index (κ1) is 14.6. The summed E-state index contributed by atoms with van der Waals surface area (Å²) in [4.78, 5) is 10.4. The van der Waals surface area contributed by atoms with Crippen molar-refractivity contribution < 1.29 is 9.90 Å². The molecule has 0 aromatic heterocycles. The monoisotopic (exact) mass is 227 g/mol. The molecule has 72 valence electrons. The summed E-state index contributed by atoms with van der Waals surface area (Å²) >= 11 is 0. The molecule has 0 bridgehead atoms. The Labute approximate surface area is 131 Å². The number of carbonyl (C=O) groups is 1. The van der Waals surface area contributed by atoms with Gasteiger partial charge in [-0.15, -0.1) is 0 Å². The van der Waals surface area contributed by atoms with Gasteiger partial charge < -0.3 is 5.11 Å². The fourth-order valence-corrected chi connectivity index (χ4v) is 1.12. The van der Waals surface area contributed by atoms with Gasteiger partial charge in [-0.1, -0.05) is 29.8 Å². The molecule has 0 aliphatic rings. The van der Waals surface area contributed by atoms with E-state index in [0.717, 1.165) is 11.6 Å². The molecule has 4 heteroatoms. The molecular formula is C11H10KNO2. The second kappa shape index (κ2) is 6.93. The van der Waals surface area contributed by atoms with Crippen LogP contribution < -0.4 is 0 Å². The van der Waals surface area contributed by atoms with E-state index in [-0.39, 0.29) is 57.0 Å². The fraction of sp³-hybridized carbons (Fsp3) is 0.0909. The molecule has 0 radical (unpaired) electrons. The number of allylic oxidation sites excluding steroid dienone is 1. The molecule has 0 fully saturated rings. The maximum absolute atomic E-state index is 10.4. The van der Waals surface area contributed by atoms with E-state index in [9.17, 15) is 4.79 Å². The van der Waals surface area contributed by atoms with Gasteiger partial charge in [0.25, 0.3) is 0 Å². The van der Waals surface area contributed by atoms with Crippen molar-refractivity contribution in [3.63, 3.8) is 0 Å². The molecule has 0 amide bonds. The van der Waals surface area contributed by atoms with Gasteiger partial charge in [0.1, 0.15) is 6.07 Å². The molecule has 1 aromatic carbocycles. The van der Waals surface area contributed by atoms with E-state index in [1.165, 1.54) is 0 Å². The van der Waals surface area contributed by atoms with E-state index in [1.54, 1.807) is 18.2 Å². The van der Waals surface area contributed by atoms with Crippen molar-refractivity contribution in [2.24, 2.45) is 0 Å². The average Bonchev–Trinajstić information content (AvgIpc) is 2.14. The van der Waals surface area contributed by atoms with Crippen LogP contribution in [0.3, 0.4) is 0 Å². The topological polar surface area (TPSA) is 61.1 Å². The van der Waals surface area contributed by atoms with Gasteiger partial charge in [-0.3, -0.25) is 0 Å². The van der Waals surface area contributed by atoms with E-state index >= 15 is 0 Å². The van der Waals surface area contributed by atoms with E-state index < -0.39 is 5.97 Å². The van der Waals surface area contributed by atoms with Gasteiger partial charge in [-0.2, -0.15) is 5.26 Å². The number of carboxylic acid groups (broad SMARTS) is 1. The summed E-state index contributed by atoms with van der Waals surface area (Å²) in [6.45, 7) is 1.89. The van der Waals surface area contributed by atoms with Gasteiger partial charge in [0.15, 0.2) is 0 Å². The van der Waals surface area contributed by atoms with Crippen molar-refractivity contribution in [3.05, 3.63) is 41.5 Å². The zero-order valence-corrected chi connectivity index (χ0v) is 7.69. The number of benzene rings is 1. The van der Waals surface area contributed by atoms with E-state index in [4.69, 9.17) is 10.4 Å². The number of aliphatic carboxylic acids is 1. The average molecular weight is 227 g/mol. The number of carboxylic acids is 1. The normalized spacial score (nSPS) is 10.0. The molecule has 0 saturated heterocycles. The predicted octanol–water partition coefficient (Wildman–Crippen LogP) is 1.34. The Hall–Kier alpha value is -0.444. The van der Waals surface area contributed by atoms with Gasteiger partial charge in [-0.25, -0.2) is 4.79 Å². The number of nitrogens with zero attached hydrogens (tertiary/aromatic N) is 1. The minimum absolute atomic E-state index is 0. The summed E-state index contributed by atoms with van der Waals surface area (Å²) in [5, 5.41) is 17.3. The van der Waals surface area contributed by atoms with Crippen LogP contribution in [0, 0.1) is 18.3 Å². The molecule has 1 aromatic rings. The van der Waals surface area contributed by atoms with Crippen molar-refractivity contribution in [2.75, 3.05) is 0 Å². The Balaban J connectivity index is 0.00000196. The molecule has 0 aliphatic carbocycles. The second-order valence-corrected chi connectivity index (χ2v) is 2.88. The Morgan fingerprint density at radius 1 is 1.53 bits per heavy atom. The number of rotatable bonds is 2. The van der Waals surface area contributed by atoms with Crippen LogP contribution in [0.4, 0.5) is 0 Å². The number of nitriles is 1. The standard InChI is InChI=1S/C11H9NO2.K.H/c1-8-3-2-4-9(5-8)10(7-12)6-11(13)14;;/h2-6H,1H3,(H,13,14);;/b10-6-;;. The minimum atomic E-state index is -1.11. The Bertz CT molecular complexity index is 432. The van der Waals surface area contributed by atoms with Crippen LogP contribution in [0.5, 0.6) is 0 Å². The molecule has 1 N–H and O–H groups in total. The van der Waals surface area contributed by atoms with Gasteiger partial charge in [0.2, 0.25) is 0 Å². The SMILES string of the molecule is Cc1cccc(/C(C#N)=C\C(=O)O)c1.[KH]. The molecule has 15 heavy (non-hydrogen) atoms. The van der Waals surface area contributed by atoms with Crippen molar-refractivity contribution >= 4 is 62.9 Å². The summed E-state index contributed by atoms with van der Waals surface area (Å²) in [7, 11) is 0. The summed E-state index contributed by atoms with van der Waals surface area (Å²) in [6, 6.07) is 9.02. The summed E-state index contributed by atoms with van der Waals surface area (Å²) in [6.07, 6.45) is 0.911. The first-order valence-corrected chi connectivity index (χ1v) is 4.05. The fourth-order valence-electron chi connectivity index (χ4n) is 1.12. The number of aryl methyl sites for hydroxylation is 1. The van der Waals surface area contributed by atoms with Gasteiger partial charge in [0.05, 0.1) is 5.57 Å². The Morgan fingerprint density at radius 2 is 2.20 bits per heavy atom. The molecule has 0 heterocycles. The summed E-state index contributed by atoms with van der Waals surface area (Å²) in [5.41, 5.74) is 1.80. The molecule has 1 rings (SSSR count). The van der Waals surface area contributed by atoms with Crippen molar-refractivity contribution in [3.8, 4) is 6.07 Å². The molecule has 0 unspecified atom stereocenters. The summed E-state index contributed by atoms with van der Waals surface area (Å²) in [5.74, 6) is -1.11. The third kappa shape index (κ3) is 4.73. The van der Waals surface area contributed by atoms with Crippen LogP contribution in [-0.4, -0.2) is 62.5 Å². The van der Waals surface area contributed by atoms with Gasteiger partial charge >= 0.3 is 57.4 Å². The van der Waals surface area contributed by atoms with Crippen LogP contribution >= 0.6 is 0 Å². The first-order chi connectivity index (χ1) is 6.63. The van der Waals surface area contributed by atoms with Crippen LogP contribution in [0.2, 0.25) is 0 Å². The predicted molar refractivity (Wildman–Crippen MR) is 59.6 cm³/mol. The number of hydrogen-bond donors (Lipinski definition) is 1. The third-order valence-electron chi connectivity index (χ3n) is 1.72. The molecular weight excluding hydrogens is 217 g/mol. The Morgan fingerprint density at radius 3 is 2.67 bits per heavy atom. The Kier molecular flexibility index (Phi) is 6.73. The van der Waals surface area contributed by atoms with E-state index in [1.807, 2.05) is 19.1 Å². The zero-order chi connectivity index (χ0) is 10.6. The van der Waals surface area contributed by atoms with Crippen LogP contribution in [-0.2, 0) is 4.79 Å². The third-order valence-corrected chi connectivity index (χ3v) is 1.72. The number of hydrogen-bond acceptors (Lipinski definition) is 2. The quantitative estimate of drug-likeness (QED) is 0.471. The zero-order valence-electron chi connectivity index (χ0n) is 7.69. The van der Waals surface area contributed by atoms with E-state index in [2.05, 4.69) is 0 Å². The maximum atomic E-state index is 10.4. The molecule has 0 atom stereocenters. The summed E-state index contributed by atoms with van der Waals surface area (Å²) < 4.78 is 0. The molecule has 0 saturated carbocycles. The first-order valence-electron chi connectivity index (χ1n) is 4.05. The van der Waals surface area contributed by atoms with Gasteiger partial charge in [-0.05, 0) is 12.5 Å². The van der Waals surface area contributed by atoms with Crippen molar-refractivity contribution in [2.45, 2.75) is 6.92 Å².